The van der Waals surface area contributed by atoms with E-state index in [0.29, 0.717) is 24.8 Å². The second-order valence-electron chi connectivity index (χ2n) is 4.80. The molecule has 1 aliphatic heterocycles. The van der Waals surface area contributed by atoms with Gasteiger partial charge in [0.2, 0.25) is 0 Å². The number of ether oxygens (including phenoxy) is 3. The summed E-state index contributed by atoms with van der Waals surface area (Å²) in [6.07, 6.45) is 1.02. The van der Waals surface area contributed by atoms with Gasteiger partial charge < -0.3 is 19.5 Å². The highest BCUT2D eigenvalue weighted by atomic mass is 35.5. The van der Waals surface area contributed by atoms with Crippen LogP contribution in [-0.2, 0) is 9.47 Å². The summed E-state index contributed by atoms with van der Waals surface area (Å²) < 4.78 is 16.8. The number of methoxy groups -OCH3 is 1. The van der Waals surface area contributed by atoms with E-state index in [1.54, 1.807) is 7.11 Å². The van der Waals surface area contributed by atoms with Gasteiger partial charge in [-0.3, -0.25) is 0 Å². The Morgan fingerprint density at radius 2 is 2.30 bits per heavy atom. The van der Waals surface area contributed by atoms with Gasteiger partial charge in [-0.25, -0.2) is 0 Å². The second-order valence-corrected chi connectivity index (χ2v) is 5.24. The van der Waals surface area contributed by atoms with Crippen molar-refractivity contribution in [3.63, 3.8) is 0 Å². The van der Waals surface area contributed by atoms with E-state index in [9.17, 15) is 0 Å². The van der Waals surface area contributed by atoms with Crippen molar-refractivity contribution in [2.75, 3.05) is 33.5 Å². The van der Waals surface area contributed by atoms with Crippen LogP contribution in [0.5, 0.6) is 5.75 Å². The van der Waals surface area contributed by atoms with E-state index in [-0.39, 0.29) is 12.1 Å². The van der Waals surface area contributed by atoms with Crippen LogP contribution in [0.3, 0.4) is 0 Å². The Hall–Kier alpha value is -0.810. The standard InChI is InChI=1S/C15H22ClNO3/c1-3-6-17-15(14-10-19-7-8-20-14)12-9-11(16)4-5-13(12)18-2/h4-5,9,14-15,17H,3,6-8,10H2,1-2H3. The Morgan fingerprint density at radius 1 is 1.45 bits per heavy atom. The number of hydrogen-bond donors (Lipinski definition) is 1. The molecule has 0 radical (unpaired) electrons. The first kappa shape index (κ1) is 15.6. The fourth-order valence-corrected chi connectivity index (χ4v) is 2.57. The highest BCUT2D eigenvalue weighted by Gasteiger charge is 2.28. The Morgan fingerprint density at radius 3 is 2.95 bits per heavy atom. The average molecular weight is 300 g/mol. The molecular formula is C15H22ClNO3. The maximum atomic E-state index is 6.14. The predicted molar refractivity (Wildman–Crippen MR) is 79.6 cm³/mol. The van der Waals surface area contributed by atoms with Gasteiger partial charge in [-0.05, 0) is 31.2 Å². The number of rotatable bonds is 6. The number of nitrogens with one attached hydrogen (secondary N) is 1. The molecule has 0 bridgehead atoms. The van der Waals surface area contributed by atoms with E-state index >= 15 is 0 Å². The summed E-state index contributed by atoms with van der Waals surface area (Å²) in [5.41, 5.74) is 1.02. The van der Waals surface area contributed by atoms with Crippen LogP contribution < -0.4 is 10.1 Å². The third-order valence-electron chi connectivity index (χ3n) is 3.35. The van der Waals surface area contributed by atoms with Crippen LogP contribution >= 0.6 is 11.6 Å². The zero-order valence-corrected chi connectivity index (χ0v) is 12.8. The molecule has 0 amide bonds. The average Bonchev–Trinajstić information content (AvgIpc) is 2.49. The van der Waals surface area contributed by atoms with Crippen LogP contribution in [0.1, 0.15) is 24.9 Å². The molecule has 0 aliphatic carbocycles. The zero-order chi connectivity index (χ0) is 14.4. The number of hydrogen-bond acceptors (Lipinski definition) is 4. The Bertz CT molecular complexity index is 422. The molecule has 1 aromatic rings. The molecule has 0 aromatic heterocycles. The molecule has 1 heterocycles. The fourth-order valence-electron chi connectivity index (χ4n) is 2.39. The van der Waals surface area contributed by atoms with E-state index in [2.05, 4.69) is 12.2 Å². The highest BCUT2D eigenvalue weighted by molar-refractivity contribution is 6.30. The van der Waals surface area contributed by atoms with Crippen LogP contribution in [0.15, 0.2) is 18.2 Å². The van der Waals surface area contributed by atoms with Gasteiger partial charge in [-0.15, -0.1) is 0 Å². The van der Waals surface area contributed by atoms with Gasteiger partial charge in [0, 0.05) is 10.6 Å². The normalized spacial score (nSPS) is 20.6. The van der Waals surface area contributed by atoms with Gasteiger partial charge in [0.15, 0.2) is 0 Å². The zero-order valence-electron chi connectivity index (χ0n) is 12.0. The van der Waals surface area contributed by atoms with Crippen molar-refractivity contribution in [2.45, 2.75) is 25.5 Å². The van der Waals surface area contributed by atoms with E-state index in [1.807, 2.05) is 18.2 Å². The van der Waals surface area contributed by atoms with Crippen molar-refractivity contribution >= 4 is 11.6 Å². The summed E-state index contributed by atoms with van der Waals surface area (Å²) in [5.74, 6) is 0.817. The summed E-state index contributed by atoms with van der Waals surface area (Å²) >= 11 is 6.14. The Kier molecular flexibility index (Phi) is 6.10. The fraction of sp³-hybridized carbons (Fsp3) is 0.600. The first-order chi connectivity index (χ1) is 9.76. The second kappa shape index (κ2) is 7.84. The van der Waals surface area contributed by atoms with Crippen LogP contribution in [0, 0.1) is 0 Å². The van der Waals surface area contributed by atoms with Gasteiger partial charge in [0.25, 0.3) is 0 Å². The summed E-state index contributed by atoms with van der Waals surface area (Å²) in [7, 11) is 1.67. The lowest BCUT2D eigenvalue weighted by atomic mass is 9.99. The molecule has 112 valence electrons. The molecule has 2 unspecified atom stereocenters. The molecule has 1 aliphatic rings. The number of benzene rings is 1. The first-order valence-corrected chi connectivity index (χ1v) is 7.40. The summed E-state index contributed by atoms with van der Waals surface area (Å²) in [4.78, 5) is 0. The van der Waals surface area contributed by atoms with E-state index in [1.165, 1.54) is 0 Å². The summed E-state index contributed by atoms with van der Waals surface area (Å²) in [6.45, 7) is 4.90. The van der Waals surface area contributed by atoms with Gasteiger partial charge in [0.05, 0.1) is 33.0 Å². The van der Waals surface area contributed by atoms with Crippen molar-refractivity contribution in [3.8, 4) is 5.75 Å². The van der Waals surface area contributed by atoms with Crippen LogP contribution in [0.25, 0.3) is 0 Å². The van der Waals surface area contributed by atoms with E-state index < -0.39 is 0 Å². The largest absolute Gasteiger partial charge is 0.496 e. The molecule has 0 saturated carbocycles. The summed E-state index contributed by atoms with van der Waals surface area (Å²) in [6, 6.07) is 5.68. The molecule has 20 heavy (non-hydrogen) atoms. The van der Waals surface area contributed by atoms with Crippen molar-refractivity contribution in [2.24, 2.45) is 0 Å². The van der Waals surface area contributed by atoms with Gasteiger partial charge in [-0.1, -0.05) is 18.5 Å². The lowest BCUT2D eigenvalue weighted by molar-refractivity contribution is -0.102. The lowest BCUT2D eigenvalue weighted by Crippen LogP contribution is -2.41. The predicted octanol–water partition coefficient (Wildman–Crippen LogP) is 2.80. The molecule has 4 nitrogen and oxygen atoms in total. The first-order valence-electron chi connectivity index (χ1n) is 7.02. The molecule has 2 rings (SSSR count). The van der Waals surface area contributed by atoms with Crippen LogP contribution in [0.4, 0.5) is 0 Å². The topological polar surface area (TPSA) is 39.7 Å². The molecular weight excluding hydrogens is 278 g/mol. The maximum absolute atomic E-state index is 6.14. The quantitative estimate of drug-likeness (QED) is 0.877. The van der Waals surface area contributed by atoms with Crippen LogP contribution in [0.2, 0.25) is 5.02 Å². The minimum atomic E-state index is -0.0253. The minimum absolute atomic E-state index is 0.0175. The number of halogens is 1. The lowest BCUT2D eigenvalue weighted by Gasteiger charge is -2.32. The molecule has 0 spiro atoms. The van der Waals surface area contributed by atoms with Crippen molar-refractivity contribution in [1.82, 2.24) is 5.32 Å². The third kappa shape index (κ3) is 3.85. The minimum Gasteiger partial charge on any atom is -0.496 e. The third-order valence-corrected chi connectivity index (χ3v) is 3.59. The highest BCUT2D eigenvalue weighted by Crippen LogP contribution is 2.32. The molecule has 1 aromatic carbocycles. The molecule has 1 fully saturated rings. The van der Waals surface area contributed by atoms with E-state index in [0.717, 1.165) is 24.3 Å². The molecule has 2 atom stereocenters. The maximum Gasteiger partial charge on any atom is 0.123 e. The van der Waals surface area contributed by atoms with Crippen molar-refractivity contribution in [1.29, 1.82) is 0 Å². The molecule has 5 heteroatoms. The smallest absolute Gasteiger partial charge is 0.123 e. The Balaban J connectivity index is 2.26. The monoisotopic (exact) mass is 299 g/mol. The van der Waals surface area contributed by atoms with E-state index in [4.69, 9.17) is 25.8 Å². The SMILES string of the molecule is CCCNC(c1cc(Cl)ccc1OC)C1COCCO1. The van der Waals surface area contributed by atoms with Crippen molar-refractivity contribution in [3.05, 3.63) is 28.8 Å². The molecule has 1 N–H and O–H groups in total. The summed E-state index contributed by atoms with van der Waals surface area (Å²) in [5, 5.41) is 4.21. The van der Waals surface area contributed by atoms with Gasteiger partial charge in [0.1, 0.15) is 11.9 Å². The van der Waals surface area contributed by atoms with Gasteiger partial charge in [-0.2, -0.15) is 0 Å². The van der Waals surface area contributed by atoms with Crippen molar-refractivity contribution < 1.29 is 14.2 Å². The van der Waals surface area contributed by atoms with Crippen LogP contribution in [-0.4, -0.2) is 39.6 Å². The van der Waals surface area contributed by atoms with Gasteiger partial charge >= 0.3 is 0 Å². The molecule has 1 saturated heterocycles. The Labute approximate surface area is 125 Å².